The third-order valence-electron chi connectivity index (χ3n) is 3.59. The van der Waals surface area contributed by atoms with Crippen LogP contribution in [0.15, 0.2) is 53.4 Å². The largest absolute Gasteiger partial charge is 0.348 e. The number of rotatable bonds is 9. The number of carbonyl (C=O) groups is 1. The molecule has 0 atom stereocenters. The number of hydrogen-bond acceptors (Lipinski definition) is 4. The predicted molar refractivity (Wildman–Crippen MR) is 107 cm³/mol. The standard InChI is InChI=1S/C19H22F2N2O3S2/c1-13(2)23-28(25,26)12-15-5-3-14(4-6-15)11-22-18(24)16-7-9-17(10-8-16)27-19(20)21/h3-10,13,19,23H,11-12H2,1-2H3,(H,22,24). The highest BCUT2D eigenvalue weighted by Gasteiger charge is 2.13. The van der Waals surface area contributed by atoms with Gasteiger partial charge in [0.25, 0.3) is 11.7 Å². The Bertz CT molecular complexity index is 884. The van der Waals surface area contributed by atoms with Gasteiger partial charge in [0.05, 0.1) is 5.75 Å². The summed E-state index contributed by atoms with van der Waals surface area (Å²) < 4.78 is 51.0. The average molecular weight is 429 g/mol. The van der Waals surface area contributed by atoms with Crippen molar-refractivity contribution in [3.05, 3.63) is 65.2 Å². The Kier molecular flexibility index (Phi) is 7.97. The molecule has 2 aromatic carbocycles. The molecule has 28 heavy (non-hydrogen) atoms. The van der Waals surface area contributed by atoms with Crippen molar-refractivity contribution in [3.8, 4) is 0 Å². The lowest BCUT2D eigenvalue weighted by Crippen LogP contribution is -2.31. The number of alkyl halides is 2. The minimum atomic E-state index is -3.39. The molecule has 0 saturated carbocycles. The van der Waals surface area contributed by atoms with Gasteiger partial charge >= 0.3 is 0 Å². The molecular formula is C19H22F2N2O3S2. The topological polar surface area (TPSA) is 75.3 Å². The smallest absolute Gasteiger partial charge is 0.288 e. The minimum absolute atomic E-state index is 0.110. The first kappa shape index (κ1) is 22.3. The Morgan fingerprint density at radius 2 is 1.57 bits per heavy atom. The van der Waals surface area contributed by atoms with Gasteiger partial charge in [-0.2, -0.15) is 8.78 Å². The van der Waals surface area contributed by atoms with Gasteiger partial charge in [0, 0.05) is 23.0 Å². The molecule has 0 fully saturated rings. The van der Waals surface area contributed by atoms with Crippen LogP contribution in [0.2, 0.25) is 0 Å². The summed E-state index contributed by atoms with van der Waals surface area (Å²) in [6.07, 6.45) is 0. The average Bonchev–Trinajstić information content (AvgIpc) is 2.59. The van der Waals surface area contributed by atoms with Crippen LogP contribution >= 0.6 is 11.8 Å². The molecule has 0 aromatic heterocycles. The van der Waals surface area contributed by atoms with Crippen LogP contribution in [0.1, 0.15) is 35.3 Å². The second kappa shape index (κ2) is 9.99. The molecule has 9 heteroatoms. The molecule has 0 heterocycles. The number of benzene rings is 2. The molecule has 152 valence electrons. The summed E-state index contributed by atoms with van der Waals surface area (Å²) >= 11 is 0.425. The Hall–Kier alpha value is -1.97. The summed E-state index contributed by atoms with van der Waals surface area (Å²) in [5.74, 6) is -2.93. The lowest BCUT2D eigenvalue weighted by atomic mass is 10.1. The summed E-state index contributed by atoms with van der Waals surface area (Å²) in [6.45, 7) is 3.78. The maximum absolute atomic E-state index is 12.3. The third-order valence-corrected chi connectivity index (χ3v) is 5.86. The second-order valence-electron chi connectivity index (χ2n) is 6.43. The van der Waals surface area contributed by atoms with Crippen molar-refractivity contribution in [1.82, 2.24) is 10.0 Å². The zero-order valence-corrected chi connectivity index (χ0v) is 17.1. The molecule has 2 aromatic rings. The molecule has 0 radical (unpaired) electrons. The Morgan fingerprint density at radius 3 is 2.11 bits per heavy atom. The first-order chi connectivity index (χ1) is 13.1. The second-order valence-corrected chi connectivity index (χ2v) is 9.25. The van der Waals surface area contributed by atoms with E-state index in [1.807, 2.05) is 0 Å². The summed E-state index contributed by atoms with van der Waals surface area (Å²) in [5.41, 5.74) is 1.84. The van der Waals surface area contributed by atoms with Crippen molar-refractivity contribution < 1.29 is 22.0 Å². The van der Waals surface area contributed by atoms with Gasteiger partial charge < -0.3 is 5.32 Å². The van der Waals surface area contributed by atoms with Crippen molar-refractivity contribution in [3.63, 3.8) is 0 Å². The zero-order valence-electron chi connectivity index (χ0n) is 15.5. The van der Waals surface area contributed by atoms with E-state index in [-0.39, 0.29) is 24.2 Å². The van der Waals surface area contributed by atoms with Crippen LogP contribution in [0.25, 0.3) is 0 Å². The fourth-order valence-corrected chi connectivity index (χ4v) is 4.38. The molecule has 0 saturated heterocycles. The molecule has 1 amide bonds. The van der Waals surface area contributed by atoms with E-state index in [0.717, 1.165) is 5.56 Å². The Balaban J connectivity index is 1.89. The van der Waals surface area contributed by atoms with Crippen LogP contribution in [-0.4, -0.2) is 26.1 Å². The molecule has 5 nitrogen and oxygen atoms in total. The monoisotopic (exact) mass is 428 g/mol. The Morgan fingerprint density at radius 1 is 1.00 bits per heavy atom. The first-order valence-electron chi connectivity index (χ1n) is 8.55. The van der Waals surface area contributed by atoms with Crippen LogP contribution in [0.4, 0.5) is 8.78 Å². The van der Waals surface area contributed by atoms with Crippen molar-refractivity contribution in [2.24, 2.45) is 0 Å². The number of halogens is 2. The number of sulfonamides is 1. The van der Waals surface area contributed by atoms with Gasteiger partial charge in [-0.05, 0) is 49.2 Å². The first-order valence-corrected chi connectivity index (χ1v) is 11.1. The van der Waals surface area contributed by atoms with E-state index < -0.39 is 15.8 Å². The number of amides is 1. The van der Waals surface area contributed by atoms with Gasteiger partial charge in [-0.1, -0.05) is 36.0 Å². The van der Waals surface area contributed by atoms with Gasteiger partial charge in [0.2, 0.25) is 10.0 Å². The van der Waals surface area contributed by atoms with Gasteiger partial charge in [-0.3, -0.25) is 4.79 Å². The fraction of sp³-hybridized carbons (Fsp3) is 0.316. The zero-order chi connectivity index (χ0) is 20.7. The van der Waals surface area contributed by atoms with E-state index in [0.29, 0.717) is 27.8 Å². The van der Waals surface area contributed by atoms with Crippen LogP contribution in [-0.2, 0) is 22.3 Å². The van der Waals surface area contributed by atoms with Gasteiger partial charge in [0.1, 0.15) is 0 Å². The molecule has 0 spiro atoms. The highest BCUT2D eigenvalue weighted by Crippen LogP contribution is 2.25. The van der Waals surface area contributed by atoms with Gasteiger partial charge in [-0.15, -0.1) is 0 Å². The predicted octanol–water partition coefficient (Wildman–Crippen LogP) is 3.76. The van der Waals surface area contributed by atoms with Gasteiger partial charge in [-0.25, -0.2) is 13.1 Å². The normalized spacial score (nSPS) is 11.8. The van der Waals surface area contributed by atoms with Crippen LogP contribution < -0.4 is 10.0 Å². The van der Waals surface area contributed by atoms with Crippen molar-refractivity contribution in [2.45, 2.75) is 42.8 Å². The SMILES string of the molecule is CC(C)NS(=O)(=O)Cc1ccc(CNC(=O)c2ccc(SC(F)F)cc2)cc1. The van der Waals surface area contributed by atoms with Crippen LogP contribution in [0.5, 0.6) is 0 Å². The van der Waals surface area contributed by atoms with E-state index in [2.05, 4.69) is 10.0 Å². The number of hydrogen-bond donors (Lipinski definition) is 2. The van der Waals surface area contributed by atoms with E-state index >= 15 is 0 Å². The van der Waals surface area contributed by atoms with Crippen molar-refractivity contribution in [1.29, 1.82) is 0 Å². The molecule has 0 aliphatic heterocycles. The lowest BCUT2D eigenvalue weighted by Gasteiger charge is -2.10. The van der Waals surface area contributed by atoms with E-state index in [9.17, 15) is 22.0 Å². The molecule has 0 aliphatic rings. The highest BCUT2D eigenvalue weighted by atomic mass is 32.2. The molecule has 0 bridgehead atoms. The third kappa shape index (κ3) is 7.57. The van der Waals surface area contributed by atoms with Crippen molar-refractivity contribution in [2.75, 3.05) is 0 Å². The quantitative estimate of drug-likeness (QED) is 0.597. The van der Waals surface area contributed by atoms with Crippen molar-refractivity contribution >= 4 is 27.7 Å². The number of nitrogens with one attached hydrogen (secondary N) is 2. The molecule has 0 unspecified atom stereocenters. The van der Waals surface area contributed by atoms with Crippen LogP contribution in [0.3, 0.4) is 0 Å². The number of thioether (sulfide) groups is 1. The number of carbonyl (C=O) groups excluding carboxylic acids is 1. The minimum Gasteiger partial charge on any atom is -0.348 e. The Labute approximate surface area is 168 Å². The molecule has 2 N–H and O–H groups in total. The fourth-order valence-electron chi connectivity index (χ4n) is 2.45. The highest BCUT2D eigenvalue weighted by molar-refractivity contribution is 7.99. The van der Waals surface area contributed by atoms with E-state index in [1.54, 1.807) is 38.1 Å². The van der Waals surface area contributed by atoms with E-state index in [1.165, 1.54) is 24.3 Å². The molecule has 0 aliphatic carbocycles. The van der Waals surface area contributed by atoms with Gasteiger partial charge in [0.15, 0.2) is 0 Å². The maximum Gasteiger partial charge on any atom is 0.288 e. The summed E-state index contributed by atoms with van der Waals surface area (Å²) in [7, 11) is -3.39. The molecular weight excluding hydrogens is 406 g/mol. The lowest BCUT2D eigenvalue weighted by molar-refractivity contribution is 0.0951. The maximum atomic E-state index is 12.3. The van der Waals surface area contributed by atoms with E-state index in [4.69, 9.17) is 0 Å². The molecule has 2 rings (SSSR count). The van der Waals surface area contributed by atoms with Crippen LogP contribution in [0, 0.1) is 0 Å². The summed E-state index contributed by atoms with van der Waals surface area (Å²) in [4.78, 5) is 12.5. The summed E-state index contributed by atoms with van der Waals surface area (Å²) in [6, 6.07) is 12.7. The summed E-state index contributed by atoms with van der Waals surface area (Å²) in [5, 5.41) is 2.74.